The quantitative estimate of drug-likeness (QED) is 0.0744. The van der Waals surface area contributed by atoms with Crippen molar-refractivity contribution in [2.45, 2.75) is 159 Å². The summed E-state index contributed by atoms with van der Waals surface area (Å²) in [4.78, 5) is 70.0. The van der Waals surface area contributed by atoms with Crippen LogP contribution in [0.3, 0.4) is 0 Å². The minimum absolute atomic E-state index is 0. The topological polar surface area (TPSA) is 302 Å². The van der Waals surface area contributed by atoms with Gasteiger partial charge >= 0.3 is 47.9 Å². The third kappa shape index (κ3) is 24.6. The summed E-state index contributed by atoms with van der Waals surface area (Å²) < 4.78 is 54.8. The van der Waals surface area contributed by atoms with Gasteiger partial charge in [-0.05, 0) is 100 Å². The van der Waals surface area contributed by atoms with Crippen LogP contribution in [0.5, 0.6) is 0 Å². The molecule has 4 aromatic heterocycles. The van der Waals surface area contributed by atoms with Crippen LogP contribution in [0.1, 0.15) is 112 Å². The first-order valence-corrected chi connectivity index (χ1v) is 27.4. The molecule has 6 heterocycles. The monoisotopic (exact) mass is 1200 g/mol. The van der Waals surface area contributed by atoms with E-state index in [0.717, 1.165) is 64.5 Å². The molecule has 8 rings (SSSR count). The number of nitrogens with two attached hydrogens (primary N) is 2. The molecule has 4 aromatic rings. The zero-order valence-corrected chi connectivity index (χ0v) is 53.4. The maximum Gasteiger partial charge on any atom is 1.00 e. The second kappa shape index (κ2) is 34.6. The molecule has 7 N–H and O–H groups in total. The molecule has 2 aliphatic carbocycles. The number of nitrogens with zero attached hydrogens (tertiary/aromatic N) is 10. The molecule has 2 unspecified atom stereocenters. The molecule has 0 aromatic carbocycles. The van der Waals surface area contributed by atoms with Crippen LogP contribution in [0.15, 0.2) is 72.0 Å². The number of anilines is 2. The standard InChI is InChI=1S/C15H18N6OS.C15H23N3O3S.C12H23NO3.C7H7N3.C3H3F3O.CH4O.CH3.Na/c16-15-12-2-1-10(14(12)20-9-21-15)5-19-11(7-22)8-23-13-6-17-3-4-18-13;1-14(2,3)21-13(19)18-11(9-20-15(18,4)5)10-22-12-8-16-6-7-17-12;1-7-9-8-15-12(5,6)13(9)10(14)16-11(2,3)4;8-7-5-2-1-3-6(5)9-4-10-7;1-2(7)3(4,5)6;1-2;;/h1,3-4,6,9,11,19,22H,2,5,7-8H2,(H2,16,20,21);6-8,11H,9-10H2,1-5H3;9H,7-8H2,1-6H3;1,3-4H,2H2,(H2,8,9,10);1H3;2H,1H3;1H3;/q;;;;;;-1;+1/t11-;;;;;;;/m1......./s1. The Morgan fingerprint density at radius 2 is 1.27 bits per heavy atom. The molecule has 2 fully saturated rings. The van der Waals surface area contributed by atoms with E-state index in [9.17, 15) is 32.7 Å². The molecule has 28 heteroatoms. The molecular formula is C54H81F3N13NaO9S2. The Bertz CT molecular complexity index is 2650. The van der Waals surface area contributed by atoms with Crippen molar-refractivity contribution in [3.8, 4) is 0 Å². The van der Waals surface area contributed by atoms with Gasteiger partial charge in [0.2, 0.25) is 5.78 Å². The first-order chi connectivity index (χ1) is 37.5. The average Bonchev–Trinajstić information content (AvgIpc) is 4.25. The summed E-state index contributed by atoms with van der Waals surface area (Å²) in [5.41, 5.74) is 14.2. The van der Waals surface area contributed by atoms with Crippen LogP contribution < -0.4 is 46.3 Å². The number of allylic oxidation sites excluding steroid dienone is 2. The number of hydrogen-bond donors (Lipinski definition) is 5. The third-order valence-electron chi connectivity index (χ3n) is 11.4. The summed E-state index contributed by atoms with van der Waals surface area (Å²) in [6.45, 7) is 23.0. The van der Waals surface area contributed by atoms with Gasteiger partial charge < -0.3 is 53.4 Å². The van der Waals surface area contributed by atoms with Crippen molar-refractivity contribution in [1.82, 2.24) is 55.0 Å². The fourth-order valence-corrected chi connectivity index (χ4v) is 9.28. The van der Waals surface area contributed by atoms with Gasteiger partial charge in [-0.3, -0.25) is 24.6 Å². The molecule has 450 valence electrons. The van der Waals surface area contributed by atoms with E-state index in [1.807, 2.05) is 88.3 Å². The summed E-state index contributed by atoms with van der Waals surface area (Å²) >= 11 is 3.12. The average molecular weight is 1200 g/mol. The second-order valence-corrected chi connectivity index (χ2v) is 22.8. The SMILES string of the molecule is CC(=O)C(F)(F)F.CC(C)(C)OC(=O)N1C(CSc2cnccn2)COC1(C)C.CCC1COC(C)(C)N1C(=O)OC(C)(C)C.CO.Nc1ncnc2c1CC=C2.Nc1ncnc2c1CC=C2CN[C@H](CO)CSc1cnccn1.[CH3-].[Na+]. The van der Waals surface area contributed by atoms with E-state index in [-0.39, 0.29) is 73.9 Å². The van der Waals surface area contributed by atoms with Gasteiger partial charge in [-0.1, -0.05) is 19.1 Å². The van der Waals surface area contributed by atoms with Gasteiger partial charge in [-0.2, -0.15) is 13.2 Å². The number of fused-ring (bicyclic) bond motifs is 2. The maximum absolute atomic E-state index is 12.5. The number of rotatable bonds is 11. The normalized spacial score (nSPS) is 17.2. The van der Waals surface area contributed by atoms with Crippen LogP contribution in [0, 0.1) is 7.43 Å². The number of amides is 2. The second-order valence-electron chi connectivity index (χ2n) is 20.7. The van der Waals surface area contributed by atoms with Crippen molar-refractivity contribution in [2.24, 2.45) is 0 Å². The van der Waals surface area contributed by atoms with Crippen molar-refractivity contribution in [3.63, 3.8) is 0 Å². The molecule has 22 nitrogen and oxygen atoms in total. The van der Waals surface area contributed by atoms with Crippen molar-refractivity contribution in [1.29, 1.82) is 0 Å². The van der Waals surface area contributed by atoms with Crippen molar-refractivity contribution in [2.75, 3.05) is 56.4 Å². The number of nitrogen functional groups attached to an aromatic ring is 2. The fourth-order valence-electron chi connectivity index (χ4n) is 7.53. The largest absolute Gasteiger partial charge is 1.00 e. The fraction of sp³-hybridized carbons (Fsp3) is 0.556. The predicted molar refractivity (Wildman–Crippen MR) is 307 cm³/mol. The van der Waals surface area contributed by atoms with E-state index < -0.39 is 34.6 Å². The Hall–Kier alpha value is -5.10. The molecule has 0 saturated carbocycles. The molecule has 3 atom stereocenters. The molecule has 0 bridgehead atoms. The van der Waals surface area contributed by atoms with Gasteiger partial charge in [-0.25, -0.2) is 39.5 Å². The number of nitrogens with one attached hydrogen (secondary N) is 1. The van der Waals surface area contributed by atoms with Crippen LogP contribution >= 0.6 is 23.5 Å². The van der Waals surface area contributed by atoms with Crippen LogP contribution in [0.25, 0.3) is 11.6 Å². The first kappa shape index (κ1) is 74.9. The molecule has 0 radical (unpaired) electrons. The van der Waals surface area contributed by atoms with E-state index in [2.05, 4.69) is 51.3 Å². The number of thioether (sulfide) groups is 2. The Morgan fingerprint density at radius 1 is 0.780 bits per heavy atom. The molecule has 0 spiro atoms. The number of halogens is 3. The Kier molecular flexibility index (Phi) is 31.6. The summed E-state index contributed by atoms with van der Waals surface area (Å²) in [7, 11) is 1.00. The van der Waals surface area contributed by atoms with Gasteiger partial charge in [0.05, 0.1) is 55.7 Å². The Labute approximate surface area is 510 Å². The van der Waals surface area contributed by atoms with Crippen molar-refractivity contribution in [3.05, 3.63) is 91.9 Å². The number of carbonyl (C=O) groups is 3. The van der Waals surface area contributed by atoms with E-state index in [1.165, 1.54) is 12.7 Å². The molecule has 2 amide bonds. The van der Waals surface area contributed by atoms with Gasteiger partial charge in [0.15, 0.2) is 0 Å². The van der Waals surface area contributed by atoms with E-state index >= 15 is 0 Å². The van der Waals surface area contributed by atoms with Crippen LogP contribution in [-0.2, 0) is 36.6 Å². The number of hydrogen-bond acceptors (Lipinski definition) is 22. The number of alkyl halides is 3. The van der Waals surface area contributed by atoms with Gasteiger partial charge in [0.1, 0.15) is 57.0 Å². The van der Waals surface area contributed by atoms with Crippen molar-refractivity contribution < 1.29 is 86.3 Å². The molecule has 4 aliphatic rings. The zero-order valence-electron chi connectivity index (χ0n) is 49.8. The minimum atomic E-state index is -4.64. The van der Waals surface area contributed by atoms with Gasteiger partial charge in [0, 0.05) is 74.0 Å². The number of carbonyl (C=O) groups excluding carboxylic acids is 3. The van der Waals surface area contributed by atoms with Crippen molar-refractivity contribution >= 4 is 64.8 Å². The van der Waals surface area contributed by atoms with E-state index in [4.69, 9.17) is 35.5 Å². The zero-order chi connectivity index (χ0) is 60.1. The van der Waals surface area contributed by atoms with Crippen LogP contribution in [0.4, 0.5) is 34.4 Å². The maximum atomic E-state index is 12.5. The summed E-state index contributed by atoms with van der Waals surface area (Å²) in [6, 6.07) is 0.0212. The first-order valence-electron chi connectivity index (χ1n) is 25.5. The molecule has 2 saturated heterocycles. The van der Waals surface area contributed by atoms with E-state index in [0.29, 0.717) is 49.8 Å². The van der Waals surface area contributed by atoms with Crippen LogP contribution in [-0.4, -0.2) is 170 Å². The van der Waals surface area contributed by atoms with Gasteiger partial charge in [-0.15, -0.1) is 23.5 Å². The number of aromatic nitrogens is 8. The number of Topliss-reactive ketones (excluding diaryl/α,β-unsaturated/α-hetero) is 1. The number of ether oxygens (including phenoxy) is 4. The number of aliphatic hydroxyl groups is 2. The Balaban J connectivity index is 0.000000531. The smallest absolute Gasteiger partial charge is 0.444 e. The molecule has 2 aliphatic heterocycles. The van der Waals surface area contributed by atoms with Gasteiger partial charge in [0.25, 0.3) is 0 Å². The van der Waals surface area contributed by atoms with E-state index in [1.54, 1.807) is 70.5 Å². The van der Waals surface area contributed by atoms with Crippen LogP contribution in [0.2, 0.25) is 0 Å². The third-order valence-corrected chi connectivity index (χ3v) is 13.5. The Morgan fingerprint density at radius 3 is 1.73 bits per heavy atom. The molecule has 82 heavy (non-hydrogen) atoms. The summed E-state index contributed by atoms with van der Waals surface area (Å²) in [6.07, 6.45) is 16.3. The predicted octanol–water partition coefficient (Wildman–Crippen LogP) is 5.07. The minimum Gasteiger partial charge on any atom is -0.444 e. The number of ketones is 1. The summed E-state index contributed by atoms with van der Waals surface area (Å²) in [5, 5.41) is 21.6. The number of aliphatic hydroxyl groups excluding tert-OH is 2. The summed E-state index contributed by atoms with van der Waals surface area (Å²) in [5.74, 6) is 0.781. The molecular weight excluding hydrogens is 1120 g/mol.